The zero-order chi connectivity index (χ0) is 26.2. The van der Waals surface area contributed by atoms with Crippen molar-refractivity contribution in [2.45, 2.75) is 65.1 Å². The minimum absolute atomic E-state index is 0.364. The van der Waals surface area contributed by atoms with E-state index in [0.29, 0.717) is 37.9 Å². The summed E-state index contributed by atoms with van der Waals surface area (Å²) in [4.78, 5) is 11.6. The summed E-state index contributed by atoms with van der Waals surface area (Å²) in [5.41, 5.74) is 2.06. The van der Waals surface area contributed by atoms with E-state index in [1.807, 2.05) is 64.0 Å². The van der Waals surface area contributed by atoms with E-state index >= 15 is 0 Å². The van der Waals surface area contributed by atoms with E-state index in [1.54, 1.807) is 0 Å². The van der Waals surface area contributed by atoms with Crippen LogP contribution in [0.2, 0.25) is 0 Å². The van der Waals surface area contributed by atoms with Crippen LogP contribution in [-0.4, -0.2) is 56.0 Å². The molecule has 8 heteroatoms. The maximum atomic E-state index is 5.93. The van der Waals surface area contributed by atoms with Crippen LogP contribution >= 0.6 is 0 Å². The van der Waals surface area contributed by atoms with Crippen LogP contribution < -0.4 is 29.7 Å². The maximum absolute atomic E-state index is 5.93. The van der Waals surface area contributed by atoms with E-state index in [2.05, 4.69) is 22.8 Å². The van der Waals surface area contributed by atoms with Crippen molar-refractivity contribution in [1.82, 2.24) is 15.3 Å². The molecule has 4 rings (SSSR count). The Hall–Kier alpha value is -3.26. The van der Waals surface area contributed by atoms with Crippen molar-refractivity contribution in [3.8, 4) is 17.2 Å². The highest BCUT2D eigenvalue weighted by atomic mass is 16.5. The highest BCUT2D eigenvalue weighted by Gasteiger charge is 2.23. The molecule has 200 valence electrons. The number of para-hydroxylation sites is 1. The smallest absolute Gasteiger partial charge is 0.225 e. The third kappa shape index (κ3) is 6.74. The minimum atomic E-state index is 0.364. The number of nitrogens with zero attached hydrogens (tertiary/aromatic N) is 3. The van der Waals surface area contributed by atoms with Gasteiger partial charge < -0.3 is 29.7 Å². The Bertz CT molecular complexity index is 1160. The first-order chi connectivity index (χ1) is 18.0. The lowest BCUT2D eigenvalue weighted by molar-refractivity contribution is 0.281. The van der Waals surface area contributed by atoms with Gasteiger partial charge >= 0.3 is 0 Å². The zero-order valence-corrected chi connectivity index (χ0v) is 22.8. The molecule has 0 aliphatic heterocycles. The molecule has 0 saturated heterocycles. The van der Waals surface area contributed by atoms with Gasteiger partial charge in [0.2, 0.25) is 5.95 Å². The lowest BCUT2D eigenvalue weighted by Crippen LogP contribution is -2.37. The van der Waals surface area contributed by atoms with Crippen molar-refractivity contribution < 1.29 is 14.2 Å². The predicted octanol–water partition coefficient (Wildman–Crippen LogP) is 5.40. The molecule has 0 atom stereocenters. The lowest BCUT2D eigenvalue weighted by atomic mass is 9.91. The van der Waals surface area contributed by atoms with Crippen LogP contribution in [0.1, 0.15) is 52.0 Å². The predicted molar refractivity (Wildman–Crippen MR) is 150 cm³/mol. The van der Waals surface area contributed by atoms with Crippen molar-refractivity contribution in [3.05, 3.63) is 42.0 Å². The lowest BCUT2D eigenvalue weighted by Gasteiger charge is -2.30. The first kappa shape index (κ1) is 26.8. The van der Waals surface area contributed by atoms with Gasteiger partial charge in [0.1, 0.15) is 11.6 Å². The van der Waals surface area contributed by atoms with Gasteiger partial charge in [0.25, 0.3) is 0 Å². The zero-order valence-electron chi connectivity index (χ0n) is 22.8. The summed E-state index contributed by atoms with van der Waals surface area (Å²) >= 11 is 0. The van der Waals surface area contributed by atoms with Crippen LogP contribution in [0, 0.1) is 0 Å². The molecule has 0 bridgehead atoms. The summed E-state index contributed by atoms with van der Waals surface area (Å²) in [5, 5.41) is 8.42. The van der Waals surface area contributed by atoms with Crippen molar-refractivity contribution in [2.24, 2.45) is 0 Å². The number of hydrogen-bond donors (Lipinski definition) is 2. The van der Waals surface area contributed by atoms with E-state index in [4.69, 9.17) is 24.2 Å². The van der Waals surface area contributed by atoms with Crippen molar-refractivity contribution >= 4 is 22.7 Å². The fourth-order valence-electron chi connectivity index (χ4n) is 4.89. The Balaban J connectivity index is 1.37. The van der Waals surface area contributed by atoms with Crippen LogP contribution in [0.4, 0.5) is 11.8 Å². The molecule has 1 fully saturated rings. The largest absolute Gasteiger partial charge is 0.493 e. The first-order valence-electron chi connectivity index (χ1n) is 13.5. The summed E-state index contributed by atoms with van der Waals surface area (Å²) in [5.74, 6) is 4.00. The van der Waals surface area contributed by atoms with Crippen molar-refractivity contribution in [2.75, 3.05) is 44.1 Å². The van der Waals surface area contributed by atoms with Gasteiger partial charge in [0.15, 0.2) is 11.5 Å². The third-order valence-electron chi connectivity index (χ3n) is 6.67. The highest BCUT2D eigenvalue weighted by molar-refractivity contribution is 5.90. The molecule has 1 heterocycles. The molecule has 2 N–H and O–H groups in total. The van der Waals surface area contributed by atoms with Gasteiger partial charge in [0, 0.05) is 49.7 Å². The Kier molecular flexibility index (Phi) is 9.28. The van der Waals surface area contributed by atoms with Gasteiger partial charge in [-0.05, 0) is 64.7 Å². The number of anilines is 2. The molecular formula is C29H41N5O3. The summed E-state index contributed by atoms with van der Waals surface area (Å²) in [7, 11) is 4.04. The topological polar surface area (TPSA) is 80.8 Å². The second kappa shape index (κ2) is 12.8. The van der Waals surface area contributed by atoms with E-state index in [-0.39, 0.29) is 0 Å². The number of ether oxygens (including phenoxy) is 3. The number of benzene rings is 2. The number of aromatic nitrogens is 2. The molecule has 37 heavy (non-hydrogen) atoms. The van der Waals surface area contributed by atoms with Crippen LogP contribution in [0.25, 0.3) is 10.9 Å². The highest BCUT2D eigenvalue weighted by Crippen LogP contribution is 2.36. The molecular weight excluding hydrogens is 466 g/mol. The van der Waals surface area contributed by atoms with Crippen LogP contribution in [0.15, 0.2) is 36.4 Å². The van der Waals surface area contributed by atoms with Crippen molar-refractivity contribution in [3.63, 3.8) is 0 Å². The van der Waals surface area contributed by atoms with E-state index in [1.165, 1.54) is 0 Å². The fourth-order valence-corrected chi connectivity index (χ4v) is 4.89. The molecule has 8 nitrogen and oxygen atoms in total. The number of fused-ring (bicyclic) bond motifs is 1. The van der Waals surface area contributed by atoms with E-state index in [0.717, 1.165) is 71.8 Å². The average molecular weight is 508 g/mol. The average Bonchev–Trinajstić information content (AvgIpc) is 2.90. The number of rotatable bonds is 12. The summed E-state index contributed by atoms with van der Waals surface area (Å²) < 4.78 is 17.6. The summed E-state index contributed by atoms with van der Waals surface area (Å²) in [6.07, 6.45) is 4.31. The number of hydrogen-bond acceptors (Lipinski definition) is 8. The van der Waals surface area contributed by atoms with Gasteiger partial charge in [-0.3, -0.25) is 0 Å². The quantitative estimate of drug-likeness (QED) is 0.337. The maximum Gasteiger partial charge on any atom is 0.225 e. The van der Waals surface area contributed by atoms with Gasteiger partial charge in [-0.1, -0.05) is 12.1 Å². The van der Waals surface area contributed by atoms with Gasteiger partial charge in [-0.15, -0.1) is 0 Å². The standard InChI is InChI=1S/C29H41N5O3/c1-6-35-25-18-27(37-8-3)26(36-7-2)17-20(25)19-30-21-13-15-22(16-14-21)31-29-32-24-12-10-9-11-23(24)28(33-29)34(4)5/h9-12,17-18,21-22,30H,6-8,13-16,19H2,1-5H3,(H,31,32,33). The Morgan fingerprint density at radius 1 is 0.811 bits per heavy atom. The Morgan fingerprint density at radius 3 is 2.11 bits per heavy atom. The van der Waals surface area contributed by atoms with Crippen LogP contribution in [-0.2, 0) is 6.54 Å². The van der Waals surface area contributed by atoms with Crippen LogP contribution in [0.5, 0.6) is 17.2 Å². The molecule has 1 aliphatic carbocycles. The second-order valence-corrected chi connectivity index (χ2v) is 9.56. The molecule has 0 radical (unpaired) electrons. The molecule has 1 saturated carbocycles. The molecule has 0 amide bonds. The Labute approximate surface area is 220 Å². The SMILES string of the molecule is CCOc1cc(OCC)c(OCC)cc1CNC1CCC(Nc2nc(N(C)C)c3ccccc3n2)CC1. The molecule has 3 aromatic rings. The minimum Gasteiger partial charge on any atom is -0.493 e. The number of nitrogens with one attached hydrogen (secondary N) is 2. The molecule has 1 aromatic heterocycles. The van der Waals surface area contributed by atoms with Crippen molar-refractivity contribution in [1.29, 1.82) is 0 Å². The molecule has 0 spiro atoms. The van der Waals surface area contributed by atoms with E-state index in [9.17, 15) is 0 Å². The summed E-state index contributed by atoms with van der Waals surface area (Å²) in [6, 6.07) is 13.0. The third-order valence-corrected chi connectivity index (χ3v) is 6.67. The van der Waals surface area contributed by atoms with Gasteiger partial charge in [-0.25, -0.2) is 4.98 Å². The van der Waals surface area contributed by atoms with Gasteiger partial charge in [0.05, 0.1) is 25.3 Å². The second-order valence-electron chi connectivity index (χ2n) is 9.56. The monoisotopic (exact) mass is 507 g/mol. The first-order valence-corrected chi connectivity index (χ1v) is 13.5. The molecule has 2 aromatic carbocycles. The Morgan fingerprint density at radius 2 is 1.43 bits per heavy atom. The van der Waals surface area contributed by atoms with Crippen LogP contribution in [0.3, 0.4) is 0 Å². The van der Waals surface area contributed by atoms with E-state index < -0.39 is 0 Å². The normalized spacial score (nSPS) is 17.4. The molecule has 1 aliphatic rings. The molecule has 0 unspecified atom stereocenters. The van der Waals surface area contributed by atoms with Gasteiger partial charge in [-0.2, -0.15) is 4.98 Å². The summed E-state index contributed by atoms with van der Waals surface area (Å²) in [6.45, 7) is 8.48. The fraction of sp³-hybridized carbons (Fsp3) is 0.517.